The van der Waals surface area contributed by atoms with Crippen LogP contribution < -0.4 is 5.73 Å². The van der Waals surface area contributed by atoms with Crippen LogP contribution >= 0.6 is 0 Å². The molecule has 0 aliphatic heterocycles. The van der Waals surface area contributed by atoms with E-state index in [9.17, 15) is 4.79 Å². The smallest absolute Gasteiger partial charge is 0.306 e. The van der Waals surface area contributed by atoms with Crippen LogP contribution in [0.3, 0.4) is 0 Å². The van der Waals surface area contributed by atoms with Crippen molar-refractivity contribution < 1.29 is 9.53 Å². The lowest BCUT2D eigenvalue weighted by Crippen LogP contribution is -2.26. The first-order chi connectivity index (χ1) is 7.59. The molecule has 0 radical (unpaired) electrons. The number of ether oxygens (including phenoxy) is 1. The summed E-state index contributed by atoms with van der Waals surface area (Å²) in [6, 6.07) is 9.67. The van der Waals surface area contributed by atoms with E-state index in [1.807, 2.05) is 44.2 Å². The van der Waals surface area contributed by atoms with E-state index >= 15 is 0 Å². The second kappa shape index (κ2) is 6.28. The van der Waals surface area contributed by atoms with Crippen LogP contribution in [0, 0.1) is 5.92 Å². The molecule has 0 amide bonds. The topological polar surface area (TPSA) is 52.3 Å². The predicted molar refractivity (Wildman–Crippen MR) is 63.7 cm³/mol. The van der Waals surface area contributed by atoms with E-state index < -0.39 is 0 Å². The van der Waals surface area contributed by atoms with Crippen molar-refractivity contribution in [3.63, 3.8) is 0 Å². The number of esters is 1. The first-order valence-corrected chi connectivity index (χ1v) is 5.54. The van der Waals surface area contributed by atoms with Crippen molar-refractivity contribution in [2.45, 2.75) is 32.9 Å². The summed E-state index contributed by atoms with van der Waals surface area (Å²) in [6.07, 6.45) is 0.379. The lowest BCUT2D eigenvalue weighted by Gasteiger charge is -2.14. The van der Waals surface area contributed by atoms with Gasteiger partial charge in [-0.15, -0.1) is 0 Å². The number of hydrogen-bond acceptors (Lipinski definition) is 3. The van der Waals surface area contributed by atoms with Crippen LogP contribution in [-0.2, 0) is 16.1 Å². The monoisotopic (exact) mass is 221 g/mol. The molecule has 0 bridgehead atoms. The molecule has 3 heteroatoms. The second-order valence-corrected chi connectivity index (χ2v) is 4.19. The first kappa shape index (κ1) is 12.7. The van der Waals surface area contributed by atoms with Gasteiger partial charge in [0, 0.05) is 12.5 Å². The van der Waals surface area contributed by atoms with E-state index in [0.29, 0.717) is 13.0 Å². The summed E-state index contributed by atoms with van der Waals surface area (Å²) in [6.45, 7) is 4.19. The molecule has 1 aromatic rings. The normalized spacial score (nSPS) is 14.2. The molecule has 1 unspecified atom stereocenters. The van der Waals surface area contributed by atoms with Crippen molar-refractivity contribution in [3.8, 4) is 0 Å². The van der Waals surface area contributed by atoms with Crippen LogP contribution in [0.4, 0.5) is 0 Å². The van der Waals surface area contributed by atoms with Crippen molar-refractivity contribution in [1.82, 2.24) is 0 Å². The molecule has 0 aromatic heterocycles. The number of carbonyl (C=O) groups excluding carboxylic acids is 1. The van der Waals surface area contributed by atoms with Crippen LogP contribution in [-0.4, -0.2) is 12.0 Å². The van der Waals surface area contributed by atoms with Gasteiger partial charge in [-0.2, -0.15) is 0 Å². The summed E-state index contributed by atoms with van der Waals surface area (Å²) in [5.41, 5.74) is 6.69. The SMILES string of the molecule is CC(N)[C@H](C)CC(=O)OCc1ccccc1. The summed E-state index contributed by atoms with van der Waals surface area (Å²) in [7, 11) is 0. The average Bonchev–Trinajstić information content (AvgIpc) is 2.27. The largest absolute Gasteiger partial charge is 0.461 e. The lowest BCUT2D eigenvalue weighted by molar-refractivity contribution is -0.146. The molecule has 0 saturated carbocycles. The van der Waals surface area contributed by atoms with Gasteiger partial charge in [0.15, 0.2) is 0 Å². The maximum absolute atomic E-state index is 11.5. The van der Waals surface area contributed by atoms with Gasteiger partial charge in [-0.25, -0.2) is 0 Å². The minimum Gasteiger partial charge on any atom is -0.461 e. The van der Waals surface area contributed by atoms with Crippen molar-refractivity contribution in [2.24, 2.45) is 11.7 Å². The Bertz CT molecular complexity index is 322. The Morgan fingerprint density at radius 1 is 1.31 bits per heavy atom. The van der Waals surface area contributed by atoms with Crippen molar-refractivity contribution in [1.29, 1.82) is 0 Å². The van der Waals surface area contributed by atoms with Gasteiger partial charge in [0.1, 0.15) is 6.61 Å². The fraction of sp³-hybridized carbons (Fsp3) is 0.462. The van der Waals surface area contributed by atoms with Gasteiger partial charge < -0.3 is 10.5 Å². The molecule has 88 valence electrons. The fourth-order valence-electron chi connectivity index (χ4n) is 1.25. The number of carbonyl (C=O) groups is 1. The molecule has 0 fully saturated rings. The predicted octanol–water partition coefficient (Wildman–Crippen LogP) is 2.10. The van der Waals surface area contributed by atoms with E-state index in [0.717, 1.165) is 5.56 Å². The molecule has 0 aliphatic carbocycles. The molecule has 2 N–H and O–H groups in total. The number of benzene rings is 1. The third-order valence-corrected chi connectivity index (χ3v) is 2.63. The molecule has 0 spiro atoms. The van der Waals surface area contributed by atoms with Crippen molar-refractivity contribution in [3.05, 3.63) is 35.9 Å². The second-order valence-electron chi connectivity index (χ2n) is 4.19. The van der Waals surface area contributed by atoms with E-state index in [4.69, 9.17) is 10.5 Å². The minimum absolute atomic E-state index is 0.0178. The molecule has 1 aromatic carbocycles. The molecule has 2 atom stereocenters. The molecule has 3 nitrogen and oxygen atoms in total. The molecule has 0 heterocycles. The van der Waals surface area contributed by atoms with Crippen LogP contribution in [0.5, 0.6) is 0 Å². The number of nitrogens with two attached hydrogens (primary N) is 1. The van der Waals surface area contributed by atoms with Crippen LogP contribution in [0.15, 0.2) is 30.3 Å². The third-order valence-electron chi connectivity index (χ3n) is 2.63. The molecular weight excluding hydrogens is 202 g/mol. The van der Waals surface area contributed by atoms with Crippen LogP contribution in [0.25, 0.3) is 0 Å². The summed E-state index contributed by atoms with van der Waals surface area (Å²) in [5.74, 6) is -0.0306. The standard InChI is InChI=1S/C13H19NO2/c1-10(11(2)14)8-13(15)16-9-12-6-4-3-5-7-12/h3-7,10-11H,8-9,14H2,1-2H3/t10-,11?/m1/s1. The first-order valence-electron chi connectivity index (χ1n) is 5.54. The summed E-state index contributed by atoms with van der Waals surface area (Å²) in [5, 5.41) is 0. The highest BCUT2D eigenvalue weighted by molar-refractivity contribution is 5.69. The Balaban J connectivity index is 2.31. The van der Waals surface area contributed by atoms with E-state index in [-0.39, 0.29) is 17.9 Å². The summed E-state index contributed by atoms with van der Waals surface area (Å²) < 4.78 is 5.15. The van der Waals surface area contributed by atoms with Gasteiger partial charge in [-0.1, -0.05) is 37.3 Å². The highest BCUT2D eigenvalue weighted by Gasteiger charge is 2.13. The quantitative estimate of drug-likeness (QED) is 0.775. The Morgan fingerprint density at radius 3 is 2.50 bits per heavy atom. The van der Waals surface area contributed by atoms with Crippen molar-refractivity contribution in [2.75, 3.05) is 0 Å². The zero-order chi connectivity index (χ0) is 12.0. The van der Waals surface area contributed by atoms with Gasteiger partial charge >= 0.3 is 5.97 Å². The molecule has 0 saturated heterocycles. The maximum atomic E-state index is 11.5. The lowest BCUT2D eigenvalue weighted by atomic mass is 10.0. The van der Waals surface area contributed by atoms with Gasteiger partial charge in [-0.05, 0) is 18.4 Å². The molecule has 1 rings (SSSR count). The number of hydrogen-bond donors (Lipinski definition) is 1. The Labute approximate surface area is 96.6 Å². The van der Waals surface area contributed by atoms with Gasteiger partial charge in [0.05, 0.1) is 0 Å². The van der Waals surface area contributed by atoms with E-state index in [2.05, 4.69) is 0 Å². The zero-order valence-corrected chi connectivity index (χ0v) is 9.85. The van der Waals surface area contributed by atoms with Gasteiger partial charge in [0.2, 0.25) is 0 Å². The zero-order valence-electron chi connectivity index (χ0n) is 9.85. The molecular formula is C13H19NO2. The summed E-state index contributed by atoms with van der Waals surface area (Å²) in [4.78, 5) is 11.5. The minimum atomic E-state index is -0.186. The highest BCUT2D eigenvalue weighted by Crippen LogP contribution is 2.08. The van der Waals surface area contributed by atoms with Gasteiger partial charge in [0.25, 0.3) is 0 Å². The van der Waals surface area contributed by atoms with Crippen LogP contribution in [0.1, 0.15) is 25.8 Å². The Morgan fingerprint density at radius 2 is 1.94 bits per heavy atom. The van der Waals surface area contributed by atoms with Crippen LogP contribution in [0.2, 0.25) is 0 Å². The molecule has 0 aliphatic rings. The number of rotatable bonds is 5. The Hall–Kier alpha value is -1.35. The maximum Gasteiger partial charge on any atom is 0.306 e. The van der Waals surface area contributed by atoms with Gasteiger partial charge in [-0.3, -0.25) is 4.79 Å². The fourth-order valence-corrected chi connectivity index (χ4v) is 1.25. The Kier molecular flexibility index (Phi) is 4.99. The average molecular weight is 221 g/mol. The van der Waals surface area contributed by atoms with E-state index in [1.165, 1.54) is 0 Å². The van der Waals surface area contributed by atoms with E-state index in [1.54, 1.807) is 0 Å². The molecule has 16 heavy (non-hydrogen) atoms. The highest BCUT2D eigenvalue weighted by atomic mass is 16.5. The van der Waals surface area contributed by atoms with Crippen molar-refractivity contribution >= 4 is 5.97 Å². The summed E-state index contributed by atoms with van der Waals surface area (Å²) >= 11 is 0. The third kappa shape index (κ3) is 4.45.